The fourth-order valence-corrected chi connectivity index (χ4v) is 2.55. The first-order valence-electron chi connectivity index (χ1n) is 7.86. The Labute approximate surface area is 127 Å². The molecule has 1 aliphatic heterocycles. The van der Waals surface area contributed by atoms with Crippen molar-refractivity contribution in [2.75, 3.05) is 26.2 Å². The van der Waals surface area contributed by atoms with E-state index in [4.69, 9.17) is 4.74 Å². The van der Waals surface area contributed by atoms with Crippen LogP contribution in [0.1, 0.15) is 26.7 Å². The van der Waals surface area contributed by atoms with E-state index in [-0.39, 0.29) is 5.91 Å². The number of rotatable bonds is 5. The van der Waals surface area contributed by atoms with Crippen LogP contribution in [0.2, 0.25) is 0 Å². The summed E-state index contributed by atoms with van der Waals surface area (Å²) in [4.78, 5) is 14.3. The van der Waals surface area contributed by atoms with Crippen LogP contribution in [0.4, 0.5) is 0 Å². The Morgan fingerprint density at radius 1 is 1.38 bits per heavy atom. The van der Waals surface area contributed by atoms with Crippen LogP contribution >= 0.6 is 0 Å². The Morgan fingerprint density at radius 2 is 2.14 bits per heavy atom. The largest absolute Gasteiger partial charge is 0.493 e. The highest BCUT2D eigenvalue weighted by Gasteiger charge is 2.23. The Bertz CT molecular complexity index is 434. The molecule has 1 N–H and O–H groups in total. The molecule has 1 atom stereocenters. The minimum Gasteiger partial charge on any atom is -0.493 e. The predicted octanol–water partition coefficient (Wildman–Crippen LogP) is 2.30. The summed E-state index contributed by atoms with van der Waals surface area (Å²) in [5, 5.41) is 3.52. The molecule has 1 unspecified atom stereocenters. The number of para-hydroxylation sites is 1. The van der Waals surface area contributed by atoms with Gasteiger partial charge in [0.05, 0.1) is 13.0 Å². The van der Waals surface area contributed by atoms with E-state index >= 15 is 0 Å². The molecule has 1 heterocycles. The predicted molar refractivity (Wildman–Crippen MR) is 84.4 cm³/mol. The van der Waals surface area contributed by atoms with Gasteiger partial charge in [0.1, 0.15) is 5.75 Å². The molecule has 0 aliphatic carbocycles. The van der Waals surface area contributed by atoms with Crippen molar-refractivity contribution in [2.45, 2.75) is 32.7 Å². The van der Waals surface area contributed by atoms with Crippen molar-refractivity contribution in [1.29, 1.82) is 0 Å². The van der Waals surface area contributed by atoms with Crippen LogP contribution in [0.15, 0.2) is 30.3 Å². The number of benzene rings is 1. The van der Waals surface area contributed by atoms with Crippen LogP contribution in [0.5, 0.6) is 5.75 Å². The number of ether oxygens (including phenoxy) is 1. The molecule has 1 fully saturated rings. The minimum atomic E-state index is 0.195. The maximum Gasteiger partial charge on any atom is 0.226 e. The van der Waals surface area contributed by atoms with E-state index in [0.29, 0.717) is 25.0 Å². The van der Waals surface area contributed by atoms with E-state index in [9.17, 15) is 4.79 Å². The highest BCUT2D eigenvalue weighted by molar-refractivity contribution is 5.76. The number of carbonyl (C=O) groups excluding carboxylic acids is 1. The van der Waals surface area contributed by atoms with E-state index < -0.39 is 0 Å². The lowest BCUT2D eigenvalue weighted by molar-refractivity contribution is -0.132. The Hall–Kier alpha value is -1.55. The van der Waals surface area contributed by atoms with Gasteiger partial charge in [0, 0.05) is 19.1 Å². The summed E-state index contributed by atoms with van der Waals surface area (Å²) in [5.41, 5.74) is 0. The second-order valence-electron chi connectivity index (χ2n) is 5.91. The fourth-order valence-electron chi connectivity index (χ4n) is 2.55. The van der Waals surface area contributed by atoms with Crippen molar-refractivity contribution in [2.24, 2.45) is 5.92 Å². The van der Waals surface area contributed by atoms with Gasteiger partial charge in [-0.05, 0) is 31.0 Å². The summed E-state index contributed by atoms with van der Waals surface area (Å²) in [7, 11) is 0. The van der Waals surface area contributed by atoms with E-state index in [0.717, 1.165) is 31.8 Å². The Balaban J connectivity index is 1.79. The van der Waals surface area contributed by atoms with Crippen molar-refractivity contribution in [1.82, 2.24) is 10.2 Å². The summed E-state index contributed by atoms with van der Waals surface area (Å²) >= 11 is 0. The summed E-state index contributed by atoms with van der Waals surface area (Å²) in [6.07, 6.45) is 1.47. The van der Waals surface area contributed by atoms with E-state index in [1.54, 1.807) is 0 Å². The molecule has 1 aromatic rings. The van der Waals surface area contributed by atoms with Crippen LogP contribution in [0.3, 0.4) is 0 Å². The zero-order chi connectivity index (χ0) is 15.1. The van der Waals surface area contributed by atoms with Gasteiger partial charge in [0.2, 0.25) is 5.91 Å². The van der Waals surface area contributed by atoms with Gasteiger partial charge in [-0.25, -0.2) is 0 Å². The third kappa shape index (κ3) is 5.05. The summed E-state index contributed by atoms with van der Waals surface area (Å²) in [5.74, 6) is 1.56. The van der Waals surface area contributed by atoms with Crippen LogP contribution < -0.4 is 10.1 Å². The Kier molecular flexibility index (Phi) is 6.05. The molecule has 4 heteroatoms. The van der Waals surface area contributed by atoms with Crippen molar-refractivity contribution < 1.29 is 9.53 Å². The molecule has 0 aromatic heterocycles. The number of nitrogens with zero attached hydrogens (tertiary/aromatic N) is 1. The molecule has 1 aromatic carbocycles. The molecular formula is C17H26N2O2. The molecular weight excluding hydrogens is 264 g/mol. The quantitative estimate of drug-likeness (QED) is 0.905. The van der Waals surface area contributed by atoms with Crippen molar-refractivity contribution in [3.8, 4) is 5.75 Å². The van der Waals surface area contributed by atoms with Crippen molar-refractivity contribution in [3.63, 3.8) is 0 Å². The molecule has 116 valence electrons. The normalized spacial score (nSPS) is 19.4. The molecule has 0 bridgehead atoms. The number of amides is 1. The molecule has 21 heavy (non-hydrogen) atoms. The topological polar surface area (TPSA) is 41.6 Å². The maximum absolute atomic E-state index is 12.3. The van der Waals surface area contributed by atoms with Crippen LogP contribution in [0, 0.1) is 5.92 Å². The van der Waals surface area contributed by atoms with Gasteiger partial charge >= 0.3 is 0 Å². The number of nitrogens with one attached hydrogen (secondary N) is 1. The molecule has 1 aliphatic rings. The number of hydrogen-bond acceptors (Lipinski definition) is 3. The highest BCUT2D eigenvalue weighted by Crippen LogP contribution is 2.11. The Morgan fingerprint density at radius 3 is 2.86 bits per heavy atom. The molecule has 0 radical (unpaired) electrons. The molecule has 1 amide bonds. The average Bonchev–Trinajstić information content (AvgIpc) is 2.74. The summed E-state index contributed by atoms with van der Waals surface area (Å²) < 4.78 is 5.61. The molecule has 2 rings (SSSR count). The number of carbonyl (C=O) groups is 1. The van der Waals surface area contributed by atoms with E-state index in [2.05, 4.69) is 19.2 Å². The van der Waals surface area contributed by atoms with Gasteiger partial charge in [0.25, 0.3) is 0 Å². The van der Waals surface area contributed by atoms with Gasteiger partial charge in [0.15, 0.2) is 0 Å². The molecule has 0 saturated carbocycles. The molecule has 4 nitrogen and oxygen atoms in total. The van der Waals surface area contributed by atoms with Crippen molar-refractivity contribution >= 4 is 5.91 Å². The van der Waals surface area contributed by atoms with Gasteiger partial charge in [-0.1, -0.05) is 32.0 Å². The third-order valence-electron chi connectivity index (χ3n) is 3.91. The van der Waals surface area contributed by atoms with Gasteiger partial charge in [-0.15, -0.1) is 0 Å². The standard InChI is InChI=1S/C17H26N2O2/c1-14(2)16-13-19(11-6-10-18-16)17(20)9-12-21-15-7-4-3-5-8-15/h3-5,7-8,14,16,18H,6,9-13H2,1-2H3. The van der Waals surface area contributed by atoms with Crippen LogP contribution in [-0.4, -0.2) is 43.1 Å². The van der Waals surface area contributed by atoms with E-state index in [1.807, 2.05) is 35.2 Å². The summed E-state index contributed by atoms with van der Waals surface area (Å²) in [6.45, 7) is 7.49. The fraction of sp³-hybridized carbons (Fsp3) is 0.588. The third-order valence-corrected chi connectivity index (χ3v) is 3.91. The zero-order valence-corrected chi connectivity index (χ0v) is 13.0. The molecule has 1 saturated heterocycles. The van der Waals surface area contributed by atoms with Crippen molar-refractivity contribution in [3.05, 3.63) is 30.3 Å². The minimum absolute atomic E-state index is 0.195. The van der Waals surface area contributed by atoms with Crippen LogP contribution in [-0.2, 0) is 4.79 Å². The monoisotopic (exact) mass is 290 g/mol. The number of hydrogen-bond donors (Lipinski definition) is 1. The second kappa shape index (κ2) is 8.03. The van der Waals surface area contributed by atoms with Gasteiger partial charge < -0.3 is 15.0 Å². The first-order valence-corrected chi connectivity index (χ1v) is 7.86. The lowest BCUT2D eigenvalue weighted by atomic mass is 10.0. The lowest BCUT2D eigenvalue weighted by Gasteiger charge is -2.27. The highest BCUT2D eigenvalue weighted by atomic mass is 16.5. The van der Waals surface area contributed by atoms with Gasteiger partial charge in [-0.3, -0.25) is 4.79 Å². The van der Waals surface area contributed by atoms with Crippen LogP contribution in [0.25, 0.3) is 0 Å². The maximum atomic E-state index is 12.3. The summed E-state index contributed by atoms with van der Waals surface area (Å²) in [6, 6.07) is 10.0. The zero-order valence-electron chi connectivity index (χ0n) is 13.0. The van der Waals surface area contributed by atoms with E-state index in [1.165, 1.54) is 0 Å². The first-order chi connectivity index (χ1) is 10.2. The second-order valence-corrected chi connectivity index (χ2v) is 5.91. The average molecular weight is 290 g/mol. The molecule has 0 spiro atoms. The SMILES string of the molecule is CC(C)C1CN(C(=O)CCOc2ccccc2)CCCN1. The smallest absolute Gasteiger partial charge is 0.226 e. The lowest BCUT2D eigenvalue weighted by Crippen LogP contribution is -2.43. The first kappa shape index (κ1) is 15.8. The van der Waals surface area contributed by atoms with Gasteiger partial charge in [-0.2, -0.15) is 0 Å².